The van der Waals surface area contributed by atoms with Crippen LogP contribution in [-0.4, -0.2) is 58.1 Å². The Hall–Kier alpha value is -4.14. The Bertz CT molecular complexity index is 1230. The highest BCUT2D eigenvalue weighted by Gasteiger charge is 2.24. The summed E-state index contributed by atoms with van der Waals surface area (Å²) in [5.74, 6) is -0.540. The van der Waals surface area contributed by atoms with Gasteiger partial charge in [-0.3, -0.25) is 15.0 Å². The second kappa shape index (κ2) is 13.2. The van der Waals surface area contributed by atoms with Crippen LogP contribution in [0.2, 0.25) is 0 Å². The highest BCUT2D eigenvalue weighted by Crippen LogP contribution is 2.32. The van der Waals surface area contributed by atoms with Crippen LogP contribution in [0.5, 0.6) is 5.75 Å². The molecule has 0 fully saturated rings. The predicted octanol–water partition coefficient (Wildman–Crippen LogP) is 3.65. The minimum Gasteiger partial charge on any atom is -0.495 e. The van der Waals surface area contributed by atoms with Gasteiger partial charge in [0.15, 0.2) is 0 Å². The van der Waals surface area contributed by atoms with Crippen molar-refractivity contribution in [3.05, 3.63) is 71.8 Å². The molecule has 0 radical (unpaired) electrons. The van der Waals surface area contributed by atoms with Gasteiger partial charge in [-0.15, -0.1) is 0 Å². The predicted molar refractivity (Wildman–Crippen MR) is 145 cm³/mol. The van der Waals surface area contributed by atoms with Crippen LogP contribution < -0.4 is 25.6 Å². The maximum Gasteiger partial charge on any atom is 0.255 e. The van der Waals surface area contributed by atoms with Gasteiger partial charge in [0.25, 0.3) is 5.91 Å². The van der Waals surface area contributed by atoms with Crippen LogP contribution in [0.25, 0.3) is 10.8 Å². The van der Waals surface area contributed by atoms with Gasteiger partial charge >= 0.3 is 0 Å². The van der Waals surface area contributed by atoms with E-state index in [1.165, 1.54) is 7.11 Å². The number of nitrogens with zero attached hydrogens (tertiary/aromatic N) is 1. The molecule has 3 rings (SSSR count). The molecule has 3 aromatic carbocycles. The minimum absolute atomic E-state index is 0.215. The van der Waals surface area contributed by atoms with Crippen LogP contribution in [0.1, 0.15) is 28.8 Å². The summed E-state index contributed by atoms with van der Waals surface area (Å²) in [6.07, 6.45) is 0.759. The van der Waals surface area contributed by atoms with E-state index in [0.29, 0.717) is 37.2 Å². The maximum atomic E-state index is 13.3. The molecule has 0 aliphatic rings. The third kappa shape index (κ3) is 7.42. The number of alkyl halides is 1. The van der Waals surface area contributed by atoms with Gasteiger partial charge in [0.1, 0.15) is 24.3 Å². The summed E-state index contributed by atoms with van der Waals surface area (Å²) >= 11 is 0. The Balaban J connectivity index is 1.78. The van der Waals surface area contributed by atoms with Gasteiger partial charge in [-0.25, -0.2) is 4.39 Å². The van der Waals surface area contributed by atoms with Crippen LogP contribution in [0.4, 0.5) is 10.1 Å². The molecule has 0 spiro atoms. The van der Waals surface area contributed by atoms with Crippen LogP contribution in [0, 0.1) is 5.41 Å². The number of anilines is 1. The smallest absolute Gasteiger partial charge is 0.255 e. The van der Waals surface area contributed by atoms with E-state index >= 15 is 0 Å². The van der Waals surface area contributed by atoms with Gasteiger partial charge in [0.2, 0.25) is 5.91 Å². The number of fused-ring (bicyclic) bond motifs is 1. The molecule has 0 aliphatic heterocycles. The van der Waals surface area contributed by atoms with E-state index < -0.39 is 18.6 Å². The first-order valence-electron chi connectivity index (χ1n) is 12.1. The highest BCUT2D eigenvalue weighted by atomic mass is 19.1. The summed E-state index contributed by atoms with van der Waals surface area (Å²) in [5, 5.41) is 17.5. The Labute approximate surface area is 216 Å². The van der Waals surface area contributed by atoms with E-state index in [1.807, 2.05) is 73.6 Å². The number of hydrogen-bond donors (Lipinski definition) is 4. The quantitative estimate of drug-likeness (QED) is 0.170. The third-order valence-corrected chi connectivity index (χ3v) is 5.99. The summed E-state index contributed by atoms with van der Waals surface area (Å²) < 4.78 is 18.2. The molecule has 0 saturated carbocycles. The van der Waals surface area contributed by atoms with Crippen LogP contribution in [0.15, 0.2) is 60.7 Å². The van der Waals surface area contributed by atoms with Crippen molar-refractivity contribution in [1.29, 1.82) is 5.41 Å². The SMILES string of the molecule is COc1c(C(=O)N[C@@H](CCCNC(=N)CF)C(=O)NCc2ccccc2)ccc2cc(N(C)C)ccc12. The number of methoxy groups -OCH3 is 1. The van der Waals surface area contributed by atoms with Gasteiger partial charge in [-0.2, -0.15) is 0 Å². The number of halogens is 1. The highest BCUT2D eigenvalue weighted by molar-refractivity contribution is 6.05. The van der Waals surface area contributed by atoms with Gasteiger partial charge in [-0.1, -0.05) is 36.4 Å². The molecule has 4 N–H and O–H groups in total. The minimum atomic E-state index is -0.879. The molecule has 3 aromatic rings. The maximum absolute atomic E-state index is 13.3. The lowest BCUT2D eigenvalue weighted by atomic mass is 10.0. The van der Waals surface area contributed by atoms with E-state index in [2.05, 4.69) is 16.0 Å². The number of amidine groups is 1. The summed E-state index contributed by atoms with van der Waals surface area (Å²) in [4.78, 5) is 28.4. The second-order valence-corrected chi connectivity index (χ2v) is 8.86. The van der Waals surface area contributed by atoms with Crippen molar-refractivity contribution in [1.82, 2.24) is 16.0 Å². The lowest BCUT2D eigenvalue weighted by molar-refractivity contribution is -0.123. The first-order valence-corrected chi connectivity index (χ1v) is 12.1. The van der Waals surface area contributed by atoms with Crippen LogP contribution in [0.3, 0.4) is 0 Å². The summed E-state index contributed by atoms with van der Waals surface area (Å²) in [6, 6.07) is 18.1. The number of carbonyl (C=O) groups is 2. The van der Waals surface area contributed by atoms with Gasteiger partial charge in [0, 0.05) is 38.3 Å². The first-order chi connectivity index (χ1) is 17.8. The van der Waals surface area contributed by atoms with Crippen molar-refractivity contribution in [3.63, 3.8) is 0 Å². The van der Waals surface area contributed by atoms with Crippen LogP contribution in [-0.2, 0) is 11.3 Å². The molecule has 1 atom stereocenters. The summed E-state index contributed by atoms with van der Waals surface area (Å²) in [6.45, 7) is -0.242. The normalized spacial score (nSPS) is 11.5. The molecule has 0 aliphatic carbocycles. The average Bonchev–Trinajstić information content (AvgIpc) is 2.92. The average molecular weight is 508 g/mol. The lowest BCUT2D eigenvalue weighted by Crippen LogP contribution is -2.47. The zero-order valence-electron chi connectivity index (χ0n) is 21.4. The summed E-state index contributed by atoms with van der Waals surface area (Å²) in [7, 11) is 5.43. The Kier molecular flexibility index (Phi) is 9.83. The molecule has 0 bridgehead atoms. The van der Waals surface area contributed by atoms with Crippen molar-refractivity contribution in [2.45, 2.75) is 25.4 Å². The fraction of sp³-hybridized carbons (Fsp3) is 0.321. The zero-order valence-corrected chi connectivity index (χ0v) is 21.4. The molecule has 0 unspecified atom stereocenters. The molecule has 0 heterocycles. The summed E-state index contributed by atoms with van der Waals surface area (Å²) in [5.41, 5.74) is 2.29. The van der Waals surface area contributed by atoms with Crippen LogP contribution >= 0.6 is 0 Å². The number of amides is 2. The number of benzene rings is 3. The van der Waals surface area contributed by atoms with Gasteiger partial charge < -0.3 is 25.6 Å². The molecule has 2 amide bonds. The monoisotopic (exact) mass is 507 g/mol. The molecule has 37 heavy (non-hydrogen) atoms. The second-order valence-electron chi connectivity index (χ2n) is 8.86. The number of carbonyl (C=O) groups excluding carboxylic acids is 2. The van der Waals surface area contributed by atoms with Gasteiger partial charge in [-0.05, 0) is 48.1 Å². The molecule has 196 valence electrons. The Morgan fingerprint density at radius 2 is 1.81 bits per heavy atom. The van der Waals surface area contributed by atoms with Crippen molar-refractivity contribution < 1.29 is 18.7 Å². The molecular weight excluding hydrogens is 473 g/mol. The Morgan fingerprint density at radius 3 is 2.49 bits per heavy atom. The fourth-order valence-corrected chi connectivity index (χ4v) is 3.97. The number of hydrogen-bond acceptors (Lipinski definition) is 5. The van der Waals surface area contributed by atoms with Crippen molar-refractivity contribution in [2.24, 2.45) is 0 Å². The largest absolute Gasteiger partial charge is 0.495 e. The topological polar surface area (TPSA) is 107 Å². The third-order valence-electron chi connectivity index (χ3n) is 5.99. The number of ether oxygens (including phenoxy) is 1. The van der Waals surface area contributed by atoms with Crippen molar-refractivity contribution >= 4 is 34.1 Å². The number of rotatable bonds is 12. The fourth-order valence-electron chi connectivity index (χ4n) is 3.97. The molecule has 0 saturated heterocycles. The molecule has 8 nitrogen and oxygen atoms in total. The Morgan fingerprint density at radius 1 is 1.05 bits per heavy atom. The van der Waals surface area contributed by atoms with E-state index in [0.717, 1.165) is 22.0 Å². The van der Waals surface area contributed by atoms with E-state index in [1.54, 1.807) is 6.07 Å². The zero-order chi connectivity index (χ0) is 26.8. The molecule has 0 aromatic heterocycles. The first kappa shape index (κ1) is 27.4. The number of nitrogens with one attached hydrogen (secondary N) is 4. The van der Waals surface area contributed by atoms with Gasteiger partial charge in [0.05, 0.1) is 12.7 Å². The molecule has 9 heteroatoms. The van der Waals surface area contributed by atoms with Crippen molar-refractivity contribution in [2.75, 3.05) is 39.3 Å². The van der Waals surface area contributed by atoms with Crippen molar-refractivity contribution in [3.8, 4) is 5.75 Å². The van der Waals surface area contributed by atoms with E-state index in [9.17, 15) is 14.0 Å². The van der Waals surface area contributed by atoms with E-state index in [4.69, 9.17) is 10.1 Å². The standard InChI is InChI=1S/C28H34FN5O3/c1-34(2)21-12-14-22-20(16-21)11-13-23(26(22)37-3)27(35)33-24(10-7-15-31-25(30)17-29)28(36)32-18-19-8-5-4-6-9-19/h4-6,8-9,11-14,16,24H,7,10,15,17-18H2,1-3H3,(H2,30,31)(H,32,36)(H,33,35)/t24-/m0/s1. The molecular formula is C28H34FN5O3. The lowest BCUT2D eigenvalue weighted by Gasteiger charge is -2.20. The van der Waals surface area contributed by atoms with E-state index in [-0.39, 0.29) is 11.7 Å².